The van der Waals surface area contributed by atoms with Crippen molar-refractivity contribution in [1.82, 2.24) is 9.97 Å². The summed E-state index contributed by atoms with van der Waals surface area (Å²) in [6, 6.07) is 74.6. The van der Waals surface area contributed by atoms with Crippen LogP contribution in [0.15, 0.2) is 206 Å². The van der Waals surface area contributed by atoms with E-state index in [1.54, 1.807) is 0 Å². The van der Waals surface area contributed by atoms with Crippen molar-refractivity contribution in [2.24, 2.45) is 0 Å². The Balaban J connectivity index is 1.19. The first-order valence-corrected chi connectivity index (χ1v) is 18.9. The van der Waals surface area contributed by atoms with Crippen LogP contribution in [0.4, 0.5) is 0 Å². The molecule has 0 radical (unpaired) electrons. The molecule has 0 saturated heterocycles. The molecule has 0 bridgehead atoms. The molecule has 55 heavy (non-hydrogen) atoms. The highest BCUT2D eigenvalue weighted by molar-refractivity contribution is 6.05. The first-order valence-electron chi connectivity index (χ1n) is 18.9. The van der Waals surface area contributed by atoms with E-state index in [1.807, 2.05) is 0 Å². The minimum Gasteiger partial charge on any atom is -0.228 e. The monoisotopic (exact) mass is 698 g/mol. The average Bonchev–Trinajstić information content (AvgIpc) is 3.58. The summed E-state index contributed by atoms with van der Waals surface area (Å²) in [6.45, 7) is 0. The first kappa shape index (κ1) is 31.4. The fourth-order valence-electron chi connectivity index (χ4n) is 9.06. The van der Waals surface area contributed by atoms with Crippen LogP contribution in [-0.2, 0) is 5.41 Å². The summed E-state index contributed by atoms with van der Waals surface area (Å²) in [5.74, 6) is 0.708. The second kappa shape index (κ2) is 12.5. The lowest BCUT2D eigenvalue weighted by Gasteiger charge is -2.34. The molecule has 2 heteroatoms. The molecule has 256 valence electrons. The van der Waals surface area contributed by atoms with Crippen LogP contribution in [-0.4, -0.2) is 9.97 Å². The van der Waals surface area contributed by atoms with E-state index >= 15 is 0 Å². The van der Waals surface area contributed by atoms with Gasteiger partial charge in [0.2, 0.25) is 0 Å². The Bertz CT molecular complexity index is 2950. The quantitative estimate of drug-likeness (QED) is 0.179. The van der Waals surface area contributed by atoms with Crippen LogP contribution in [0.5, 0.6) is 0 Å². The van der Waals surface area contributed by atoms with Gasteiger partial charge in [-0.3, -0.25) is 0 Å². The summed E-state index contributed by atoms with van der Waals surface area (Å²) in [4.78, 5) is 10.8. The van der Waals surface area contributed by atoms with E-state index in [2.05, 4.69) is 206 Å². The van der Waals surface area contributed by atoms with Gasteiger partial charge in [0.1, 0.15) is 0 Å². The number of benzene rings is 9. The second-order valence-electron chi connectivity index (χ2n) is 14.5. The predicted molar refractivity (Wildman–Crippen MR) is 228 cm³/mol. The standard InChI is InChI=1S/C53H34N2/c1-3-18-41(19-4-1)53(42-20-5-2-6-21-42)48-25-12-11-22-44(48)46-31-30-43-45(51(46)53)23-13-24-47(43)52-54-49(39-28-26-35-14-7-9-16-37(35)32-39)34-50(55-52)40-29-27-36-15-8-10-17-38(36)33-40/h1-34H. The minimum atomic E-state index is -0.517. The summed E-state index contributed by atoms with van der Waals surface area (Å²) < 4.78 is 0. The molecule has 1 aromatic heterocycles. The predicted octanol–water partition coefficient (Wildman–Crippen LogP) is 13.3. The summed E-state index contributed by atoms with van der Waals surface area (Å²) in [6.07, 6.45) is 0. The number of hydrogen-bond acceptors (Lipinski definition) is 2. The van der Waals surface area contributed by atoms with E-state index in [-0.39, 0.29) is 0 Å². The molecule has 1 aliphatic rings. The molecule has 0 aliphatic heterocycles. The summed E-state index contributed by atoms with van der Waals surface area (Å²) >= 11 is 0. The largest absolute Gasteiger partial charge is 0.228 e. The van der Waals surface area contributed by atoms with Crippen LogP contribution in [0.25, 0.3) is 77.3 Å². The Morgan fingerprint density at radius 1 is 0.327 bits per heavy atom. The zero-order valence-electron chi connectivity index (χ0n) is 30.0. The Kier molecular flexibility index (Phi) is 7.11. The smallest absolute Gasteiger partial charge is 0.161 e. The van der Waals surface area contributed by atoms with Gasteiger partial charge in [0, 0.05) is 16.7 Å². The minimum absolute atomic E-state index is 0.517. The van der Waals surface area contributed by atoms with Gasteiger partial charge in [-0.05, 0) is 83.9 Å². The highest BCUT2D eigenvalue weighted by atomic mass is 14.9. The topological polar surface area (TPSA) is 25.8 Å². The maximum Gasteiger partial charge on any atom is 0.161 e. The number of hydrogen-bond donors (Lipinski definition) is 0. The Morgan fingerprint density at radius 3 is 1.47 bits per heavy atom. The van der Waals surface area contributed by atoms with Crippen LogP contribution < -0.4 is 0 Å². The molecule has 0 atom stereocenters. The van der Waals surface area contributed by atoms with Gasteiger partial charge in [0.15, 0.2) is 5.82 Å². The van der Waals surface area contributed by atoms with E-state index in [4.69, 9.17) is 9.97 Å². The Hall–Kier alpha value is -7.16. The van der Waals surface area contributed by atoms with Crippen molar-refractivity contribution in [3.8, 4) is 45.0 Å². The molecule has 0 saturated carbocycles. The maximum absolute atomic E-state index is 5.39. The van der Waals surface area contributed by atoms with Crippen molar-refractivity contribution in [3.05, 3.63) is 229 Å². The van der Waals surface area contributed by atoms with Crippen molar-refractivity contribution < 1.29 is 0 Å². The van der Waals surface area contributed by atoms with Crippen LogP contribution in [0.2, 0.25) is 0 Å². The first-order chi connectivity index (χ1) is 27.3. The molecule has 9 aromatic carbocycles. The normalized spacial score (nSPS) is 12.9. The van der Waals surface area contributed by atoms with Crippen LogP contribution in [0.1, 0.15) is 22.3 Å². The Labute approximate surface area is 320 Å². The molecule has 1 heterocycles. The van der Waals surface area contributed by atoms with Gasteiger partial charge in [-0.15, -0.1) is 0 Å². The highest BCUT2D eigenvalue weighted by Crippen LogP contribution is 2.58. The van der Waals surface area contributed by atoms with Gasteiger partial charge in [0.05, 0.1) is 16.8 Å². The SMILES string of the molecule is c1ccc(C2(c3ccccc3)c3ccccc3-c3ccc4c(-c5nc(-c6ccc7ccccc7c6)cc(-c6ccc7ccccc7c6)n5)cccc4c32)cc1. The molecule has 11 rings (SSSR count). The zero-order valence-corrected chi connectivity index (χ0v) is 30.0. The summed E-state index contributed by atoms with van der Waals surface area (Å²) in [5, 5.41) is 7.12. The lowest BCUT2D eigenvalue weighted by atomic mass is 9.66. The van der Waals surface area contributed by atoms with E-state index in [1.165, 1.54) is 60.3 Å². The lowest BCUT2D eigenvalue weighted by molar-refractivity contribution is 0.775. The Morgan fingerprint density at radius 2 is 0.855 bits per heavy atom. The highest BCUT2D eigenvalue weighted by Gasteiger charge is 2.47. The van der Waals surface area contributed by atoms with Crippen molar-refractivity contribution in [1.29, 1.82) is 0 Å². The molecule has 0 fully saturated rings. The van der Waals surface area contributed by atoms with Crippen molar-refractivity contribution in [3.63, 3.8) is 0 Å². The number of nitrogens with zero attached hydrogens (tertiary/aromatic N) is 2. The van der Waals surface area contributed by atoms with E-state index in [0.29, 0.717) is 5.82 Å². The van der Waals surface area contributed by atoms with Gasteiger partial charge in [-0.25, -0.2) is 9.97 Å². The van der Waals surface area contributed by atoms with Crippen LogP contribution >= 0.6 is 0 Å². The average molecular weight is 699 g/mol. The summed E-state index contributed by atoms with van der Waals surface area (Å²) in [5.41, 5.74) is 12.0. The van der Waals surface area contributed by atoms with Crippen molar-refractivity contribution in [2.75, 3.05) is 0 Å². The zero-order chi connectivity index (χ0) is 36.3. The van der Waals surface area contributed by atoms with Gasteiger partial charge in [0.25, 0.3) is 0 Å². The fourth-order valence-corrected chi connectivity index (χ4v) is 9.06. The van der Waals surface area contributed by atoms with Crippen LogP contribution in [0, 0.1) is 0 Å². The van der Waals surface area contributed by atoms with Crippen LogP contribution in [0.3, 0.4) is 0 Å². The molecular formula is C53H34N2. The molecule has 0 unspecified atom stereocenters. The number of fused-ring (bicyclic) bond motifs is 7. The van der Waals surface area contributed by atoms with E-state index in [0.717, 1.165) is 33.5 Å². The van der Waals surface area contributed by atoms with Gasteiger partial charge in [-0.1, -0.05) is 188 Å². The lowest BCUT2D eigenvalue weighted by Crippen LogP contribution is -2.28. The van der Waals surface area contributed by atoms with Gasteiger partial charge >= 0.3 is 0 Å². The van der Waals surface area contributed by atoms with Crippen molar-refractivity contribution >= 4 is 32.3 Å². The molecule has 2 nitrogen and oxygen atoms in total. The molecule has 0 spiro atoms. The molecule has 0 N–H and O–H groups in total. The van der Waals surface area contributed by atoms with Gasteiger partial charge < -0.3 is 0 Å². The van der Waals surface area contributed by atoms with E-state index in [9.17, 15) is 0 Å². The molecular weight excluding hydrogens is 665 g/mol. The second-order valence-corrected chi connectivity index (χ2v) is 14.5. The molecule has 0 amide bonds. The third-order valence-corrected chi connectivity index (χ3v) is 11.5. The maximum atomic E-state index is 5.39. The fraction of sp³-hybridized carbons (Fsp3) is 0.0189. The molecule has 1 aliphatic carbocycles. The third-order valence-electron chi connectivity index (χ3n) is 11.5. The van der Waals surface area contributed by atoms with Gasteiger partial charge in [-0.2, -0.15) is 0 Å². The summed E-state index contributed by atoms with van der Waals surface area (Å²) in [7, 11) is 0. The number of aromatic nitrogens is 2. The number of rotatable bonds is 5. The van der Waals surface area contributed by atoms with Crippen molar-refractivity contribution in [2.45, 2.75) is 5.41 Å². The third kappa shape index (κ3) is 4.89. The molecule has 10 aromatic rings. The van der Waals surface area contributed by atoms with E-state index < -0.39 is 5.41 Å².